The van der Waals surface area contributed by atoms with Gasteiger partial charge >= 0.3 is 11.9 Å². The zero-order chi connectivity index (χ0) is 12.6. The first kappa shape index (κ1) is 14.9. The second kappa shape index (κ2) is 7.22. The van der Waals surface area contributed by atoms with Gasteiger partial charge in [-0.1, -0.05) is 0 Å². The van der Waals surface area contributed by atoms with Crippen LogP contribution in [0.1, 0.15) is 34.1 Å². The third kappa shape index (κ3) is 5.70. The molecule has 0 aromatic rings. The Labute approximate surface area is 96.5 Å². The van der Waals surface area contributed by atoms with Crippen LogP contribution in [0.3, 0.4) is 0 Å². The zero-order valence-corrected chi connectivity index (χ0v) is 10.5. The normalized spacial score (nSPS) is 11.0. The third-order valence-electron chi connectivity index (χ3n) is 1.99. The van der Waals surface area contributed by atoms with Gasteiger partial charge in [0.1, 0.15) is 5.54 Å². The van der Waals surface area contributed by atoms with Crippen LogP contribution in [0.4, 0.5) is 0 Å². The highest BCUT2D eigenvalue weighted by Crippen LogP contribution is 2.05. The topological polar surface area (TPSA) is 64.6 Å². The summed E-state index contributed by atoms with van der Waals surface area (Å²) < 4.78 is 9.66. The van der Waals surface area contributed by atoms with Crippen LogP contribution in [0.15, 0.2) is 0 Å². The molecule has 0 fully saturated rings. The van der Waals surface area contributed by atoms with Crippen molar-refractivity contribution in [3.8, 4) is 0 Å². The fraction of sp³-hybridized carbons (Fsp3) is 0.818. The number of rotatable bonds is 7. The van der Waals surface area contributed by atoms with Crippen LogP contribution in [0.25, 0.3) is 0 Å². The summed E-state index contributed by atoms with van der Waals surface area (Å²) in [4.78, 5) is 22.5. The fourth-order valence-corrected chi connectivity index (χ4v) is 1.09. The first-order chi connectivity index (χ1) is 7.44. The lowest BCUT2D eigenvalue weighted by atomic mass is 10.1. The zero-order valence-electron chi connectivity index (χ0n) is 10.5. The minimum absolute atomic E-state index is 0.247. The van der Waals surface area contributed by atoms with Crippen LogP contribution in [0.5, 0.6) is 0 Å². The van der Waals surface area contributed by atoms with Gasteiger partial charge in [-0.15, -0.1) is 0 Å². The van der Waals surface area contributed by atoms with Gasteiger partial charge in [-0.05, 0) is 27.7 Å². The molecule has 0 spiro atoms. The summed E-state index contributed by atoms with van der Waals surface area (Å²) in [5, 5.41) is 2.96. The quantitative estimate of drug-likeness (QED) is 0.659. The van der Waals surface area contributed by atoms with E-state index in [0.29, 0.717) is 19.8 Å². The van der Waals surface area contributed by atoms with E-state index in [2.05, 4.69) is 5.32 Å². The van der Waals surface area contributed by atoms with Crippen molar-refractivity contribution in [1.29, 1.82) is 0 Å². The van der Waals surface area contributed by atoms with Crippen molar-refractivity contribution < 1.29 is 19.1 Å². The van der Waals surface area contributed by atoms with Crippen LogP contribution in [-0.4, -0.2) is 37.2 Å². The van der Waals surface area contributed by atoms with Gasteiger partial charge in [-0.2, -0.15) is 0 Å². The molecule has 0 bridgehead atoms. The Kier molecular flexibility index (Phi) is 6.72. The molecule has 0 aliphatic rings. The van der Waals surface area contributed by atoms with Crippen LogP contribution in [0.2, 0.25) is 0 Å². The van der Waals surface area contributed by atoms with Crippen molar-refractivity contribution in [2.45, 2.75) is 39.7 Å². The highest BCUT2D eigenvalue weighted by atomic mass is 16.5. The van der Waals surface area contributed by atoms with E-state index in [-0.39, 0.29) is 18.4 Å². The lowest BCUT2D eigenvalue weighted by Crippen LogP contribution is -2.48. The monoisotopic (exact) mass is 231 g/mol. The number of carbonyl (C=O) groups excluding carboxylic acids is 2. The molecule has 0 heterocycles. The minimum atomic E-state index is -0.775. The summed E-state index contributed by atoms with van der Waals surface area (Å²) in [6.07, 6.45) is 0.247. The molecule has 0 amide bonds. The van der Waals surface area contributed by atoms with E-state index in [1.807, 2.05) is 0 Å². The minimum Gasteiger partial charge on any atom is -0.466 e. The first-order valence-corrected chi connectivity index (χ1v) is 5.52. The highest BCUT2D eigenvalue weighted by Gasteiger charge is 2.28. The van der Waals surface area contributed by atoms with Crippen molar-refractivity contribution in [2.24, 2.45) is 0 Å². The predicted octanol–water partition coefficient (Wildman–Crippen LogP) is 0.871. The SMILES string of the molecule is CCOC(=O)CCNC(C)(C)C(=O)OCC. The molecule has 0 unspecified atom stereocenters. The molecule has 0 rings (SSSR count). The van der Waals surface area contributed by atoms with Gasteiger partial charge in [-0.25, -0.2) is 0 Å². The summed E-state index contributed by atoms with van der Waals surface area (Å²) in [5.74, 6) is -0.589. The van der Waals surface area contributed by atoms with E-state index in [1.165, 1.54) is 0 Å². The molecule has 0 aromatic carbocycles. The maximum Gasteiger partial charge on any atom is 0.325 e. The molecule has 0 radical (unpaired) electrons. The van der Waals surface area contributed by atoms with Gasteiger partial charge in [0.25, 0.3) is 0 Å². The fourth-order valence-electron chi connectivity index (χ4n) is 1.09. The molecule has 0 aliphatic heterocycles. The van der Waals surface area contributed by atoms with Crippen LogP contribution in [-0.2, 0) is 19.1 Å². The Morgan fingerprint density at radius 2 is 1.69 bits per heavy atom. The number of hydrogen-bond acceptors (Lipinski definition) is 5. The first-order valence-electron chi connectivity index (χ1n) is 5.52. The van der Waals surface area contributed by atoms with Gasteiger partial charge in [-0.3, -0.25) is 9.59 Å². The Morgan fingerprint density at radius 1 is 1.12 bits per heavy atom. The van der Waals surface area contributed by atoms with Crippen molar-refractivity contribution >= 4 is 11.9 Å². The molecular formula is C11H21NO4. The number of hydrogen-bond donors (Lipinski definition) is 1. The van der Waals surface area contributed by atoms with Gasteiger partial charge in [0, 0.05) is 6.54 Å². The number of esters is 2. The Balaban J connectivity index is 3.90. The average molecular weight is 231 g/mol. The highest BCUT2D eigenvalue weighted by molar-refractivity contribution is 5.79. The van der Waals surface area contributed by atoms with Crippen molar-refractivity contribution in [2.75, 3.05) is 19.8 Å². The smallest absolute Gasteiger partial charge is 0.325 e. The molecule has 0 saturated heterocycles. The molecule has 0 aliphatic carbocycles. The Morgan fingerprint density at radius 3 is 2.19 bits per heavy atom. The van der Waals surface area contributed by atoms with Crippen molar-refractivity contribution in [3.63, 3.8) is 0 Å². The molecule has 1 N–H and O–H groups in total. The molecule has 5 nitrogen and oxygen atoms in total. The standard InChI is InChI=1S/C11H21NO4/c1-5-15-9(13)7-8-12-11(3,4)10(14)16-6-2/h12H,5-8H2,1-4H3. The molecule has 16 heavy (non-hydrogen) atoms. The number of carbonyl (C=O) groups is 2. The molecule has 0 atom stereocenters. The third-order valence-corrected chi connectivity index (χ3v) is 1.99. The largest absolute Gasteiger partial charge is 0.466 e. The van der Waals surface area contributed by atoms with Crippen molar-refractivity contribution in [1.82, 2.24) is 5.32 Å². The summed E-state index contributed by atoms with van der Waals surface area (Å²) in [6, 6.07) is 0. The molecule has 0 saturated carbocycles. The lowest BCUT2D eigenvalue weighted by Gasteiger charge is -2.23. The average Bonchev–Trinajstić information content (AvgIpc) is 2.18. The molecule has 94 valence electrons. The maximum atomic E-state index is 11.5. The second-order valence-electron chi connectivity index (χ2n) is 3.83. The summed E-state index contributed by atoms with van der Waals surface area (Å²) in [5.41, 5.74) is -0.775. The van der Waals surface area contributed by atoms with E-state index >= 15 is 0 Å². The Bertz CT molecular complexity index is 238. The van der Waals surface area contributed by atoms with E-state index in [0.717, 1.165) is 0 Å². The molecule has 5 heteroatoms. The molecular weight excluding hydrogens is 210 g/mol. The lowest BCUT2D eigenvalue weighted by molar-refractivity contribution is -0.150. The summed E-state index contributed by atoms with van der Waals surface area (Å²) in [7, 11) is 0. The van der Waals surface area contributed by atoms with Crippen molar-refractivity contribution in [3.05, 3.63) is 0 Å². The summed E-state index contributed by atoms with van der Waals surface area (Å²) >= 11 is 0. The van der Waals surface area contributed by atoms with Crippen LogP contribution in [0, 0.1) is 0 Å². The molecule has 0 aromatic heterocycles. The van der Waals surface area contributed by atoms with Gasteiger partial charge in [0.2, 0.25) is 0 Å². The van der Waals surface area contributed by atoms with Gasteiger partial charge in [0.15, 0.2) is 0 Å². The van der Waals surface area contributed by atoms with Gasteiger partial charge < -0.3 is 14.8 Å². The van der Waals surface area contributed by atoms with E-state index in [1.54, 1.807) is 27.7 Å². The Hall–Kier alpha value is -1.10. The van der Waals surface area contributed by atoms with Crippen LogP contribution < -0.4 is 5.32 Å². The van der Waals surface area contributed by atoms with E-state index in [4.69, 9.17) is 9.47 Å². The second-order valence-corrected chi connectivity index (χ2v) is 3.83. The number of nitrogens with one attached hydrogen (secondary N) is 1. The van der Waals surface area contributed by atoms with E-state index in [9.17, 15) is 9.59 Å². The van der Waals surface area contributed by atoms with Gasteiger partial charge in [0.05, 0.1) is 19.6 Å². The predicted molar refractivity (Wildman–Crippen MR) is 60.0 cm³/mol. The summed E-state index contributed by atoms with van der Waals surface area (Å²) in [6.45, 7) is 8.07. The van der Waals surface area contributed by atoms with E-state index < -0.39 is 5.54 Å². The van der Waals surface area contributed by atoms with Crippen LogP contribution >= 0.6 is 0 Å². The number of ether oxygens (including phenoxy) is 2. The maximum absolute atomic E-state index is 11.5.